The van der Waals surface area contributed by atoms with Crippen LogP contribution in [0.15, 0.2) is 0 Å². The van der Waals surface area contributed by atoms with E-state index in [9.17, 15) is 4.79 Å². The van der Waals surface area contributed by atoms with Gasteiger partial charge >= 0.3 is 5.97 Å². The lowest BCUT2D eigenvalue weighted by Gasteiger charge is -2.32. The summed E-state index contributed by atoms with van der Waals surface area (Å²) in [7, 11) is 1.61. The third-order valence-corrected chi connectivity index (χ3v) is 2.78. The second kappa shape index (κ2) is 6.08. The first-order valence-electron chi connectivity index (χ1n) is 5.40. The molecule has 0 aromatic heterocycles. The van der Waals surface area contributed by atoms with Crippen LogP contribution >= 0.6 is 0 Å². The second-order valence-electron chi connectivity index (χ2n) is 4.24. The van der Waals surface area contributed by atoms with Crippen LogP contribution in [-0.4, -0.2) is 47.8 Å². The van der Waals surface area contributed by atoms with E-state index >= 15 is 0 Å². The van der Waals surface area contributed by atoms with Crippen molar-refractivity contribution in [1.82, 2.24) is 4.90 Å². The lowest BCUT2D eigenvalue weighted by atomic mass is 9.97. The third kappa shape index (κ3) is 4.62. The number of hydrogen-bond donors (Lipinski definition) is 1. The number of carbonyl (C=O) groups is 1. The van der Waals surface area contributed by atoms with Crippen LogP contribution in [0.3, 0.4) is 0 Å². The molecular formula is C11H23NO3. The molecule has 4 heteroatoms. The lowest BCUT2D eigenvalue weighted by Crippen LogP contribution is -2.45. The van der Waals surface area contributed by atoms with E-state index in [4.69, 9.17) is 9.84 Å². The number of hydrogen-bond acceptors (Lipinski definition) is 3. The fourth-order valence-electron chi connectivity index (χ4n) is 1.59. The molecule has 0 heterocycles. The Hall–Kier alpha value is -0.610. The van der Waals surface area contributed by atoms with Crippen LogP contribution in [0.1, 0.15) is 34.1 Å². The van der Waals surface area contributed by atoms with Crippen LogP contribution in [-0.2, 0) is 9.53 Å². The zero-order valence-corrected chi connectivity index (χ0v) is 10.4. The van der Waals surface area contributed by atoms with Gasteiger partial charge in [0.15, 0.2) is 0 Å². The highest BCUT2D eigenvalue weighted by atomic mass is 16.5. The minimum absolute atomic E-state index is 0.397. The molecular weight excluding hydrogens is 194 g/mol. The first-order chi connectivity index (χ1) is 6.87. The molecule has 0 amide bonds. The number of nitrogens with zero attached hydrogens (tertiary/aromatic N) is 1. The molecule has 4 nitrogen and oxygen atoms in total. The number of carboxylic acids is 1. The fraction of sp³-hybridized carbons (Fsp3) is 0.909. The molecule has 1 N–H and O–H groups in total. The Morgan fingerprint density at radius 3 is 2.13 bits per heavy atom. The molecule has 0 spiro atoms. The molecule has 0 aliphatic heterocycles. The van der Waals surface area contributed by atoms with Crippen molar-refractivity contribution in [2.75, 3.05) is 20.2 Å². The zero-order valence-electron chi connectivity index (χ0n) is 10.4. The summed E-state index contributed by atoms with van der Waals surface area (Å²) in [6, 6.07) is -0.463. The van der Waals surface area contributed by atoms with E-state index in [1.54, 1.807) is 7.11 Å². The summed E-state index contributed by atoms with van der Waals surface area (Å²) in [5.41, 5.74) is -0.397. The van der Waals surface area contributed by atoms with Crippen molar-refractivity contribution in [3.63, 3.8) is 0 Å². The molecule has 0 aliphatic rings. The summed E-state index contributed by atoms with van der Waals surface area (Å²) >= 11 is 0. The highest BCUT2D eigenvalue weighted by Crippen LogP contribution is 2.19. The van der Waals surface area contributed by atoms with Crippen molar-refractivity contribution in [3.05, 3.63) is 0 Å². The van der Waals surface area contributed by atoms with Crippen molar-refractivity contribution < 1.29 is 14.6 Å². The number of ether oxygens (including phenoxy) is 1. The minimum Gasteiger partial charge on any atom is -0.480 e. The molecule has 90 valence electrons. The Labute approximate surface area is 92.2 Å². The standard InChI is InChI=1S/C11H23NO3/c1-6-12(7-2)9(10(13)14)8-11(3,4)15-5/h9H,6-8H2,1-5H3,(H,13,14). The van der Waals surface area contributed by atoms with Crippen molar-refractivity contribution in [2.24, 2.45) is 0 Å². The minimum atomic E-state index is -0.774. The molecule has 0 radical (unpaired) electrons. The topological polar surface area (TPSA) is 49.8 Å². The quantitative estimate of drug-likeness (QED) is 0.703. The number of carboxylic acid groups (broad SMARTS) is 1. The maximum atomic E-state index is 11.2. The fourth-order valence-corrected chi connectivity index (χ4v) is 1.59. The van der Waals surface area contributed by atoms with Gasteiger partial charge in [0.05, 0.1) is 5.60 Å². The van der Waals surface area contributed by atoms with E-state index in [1.165, 1.54) is 0 Å². The van der Waals surface area contributed by atoms with Crippen LogP contribution in [0, 0.1) is 0 Å². The summed E-state index contributed by atoms with van der Waals surface area (Å²) in [4.78, 5) is 13.1. The van der Waals surface area contributed by atoms with E-state index in [0.717, 1.165) is 13.1 Å². The number of methoxy groups -OCH3 is 1. The number of aliphatic carboxylic acids is 1. The van der Waals surface area contributed by atoms with Crippen molar-refractivity contribution in [3.8, 4) is 0 Å². The molecule has 0 fully saturated rings. The third-order valence-electron chi connectivity index (χ3n) is 2.78. The van der Waals surface area contributed by atoms with Crippen LogP contribution < -0.4 is 0 Å². The van der Waals surface area contributed by atoms with Gasteiger partial charge in [0.25, 0.3) is 0 Å². The number of likely N-dealkylation sites (N-methyl/N-ethyl adjacent to an activating group) is 1. The van der Waals surface area contributed by atoms with Gasteiger partial charge in [-0.2, -0.15) is 0 Å². The maximum absolute atomic E-state index is 11.2. The van der Waals surface area contributed by atoms with E-state index in [2.05, 4.69) is 0 Å². The predicted molar refractivity (Wildman–Crippen MR) is 60.0 cm³/mol. The normalized spacial score (nSPS) is 14.3. The average molecular weight is 217 g/mol. The molecule has 1 unspecified atom stereocenters. The first kappa shape index (κ1) is 14.4. The summed E-state index contributed by atoms with van der Waals surface area (Å²) < 4.78 is 5.27. The van der Waals surface area contributed by atoms with Crippen LogP contribution in [0.2, 0.25) is 0 Å². The average Bonchev–Trinajstić information content (AvgIpc) is 2.18. The van der Waals surface area contributed by atoms with Crippen LogP contribution in [0.5, 0.6) is 0 Å². The van der Waals surface area contributed by atoms with E-state index in [0.29, 0.717) is 6.42 Å². The van der Waals surface area contributed by atoms with Gasteiger partial charge in [0.1, 0.15) is 6.04 Å². The van der Waals surface area contributed by atoms with Crippen LogP contribution in [0.4, 0.5) is 0 Å². The van der Waals surface area contributed by atoms with Crippen molar-refractivity contribution in [1.29, 1.82) is 0 Å². The first-order valence-corrected chi connectivity index (χ1v) is 5.40. The number of rotatable bonds is 7. The monoisotopic (exact) mass is 217 g/mol. The maximum Gasteiger partial charge on any atom is 0.321 e. The largest absolute Gasteiger partial charge is 0.480 e. The zero-order chi connectivity index (χ0) is 12.1. The van der Waals surface area contributed by atoms with Gasteiger partial charge in [-0.15, -0.1) is 0 Å². The summed E-state index contributed by atoms with van der Waals surface area (Å²) in [6.07, 6.45) is 0.501. The Kier molecular flexibility index (Phi) is 5.83. The molecule has 0 saturated heterocycles. The van der Waals surface area contributed by atoms with Gasteiger partial charge in [0.2, 0.25) is 0 Å². The van der Waals surface area contributed by atoms with Crippen LogP contribution in [0.25, 0.3) is 0 Å². The molecule has 0 rings (SSSR count). The Morgan fingerprint density at radius 2 is 1.87 bits per heavy atom. The molecule has 0 aromatic carbocycles. The van der Waals surface area contributed by atoms with E-state index < -0.39 is 17.6 Å². The van der Waals surface area contributed by atoms with E-state index in [-0.39, 0.29) is 0 Å². The lowest BCUT2D eigenvalue weighted by molar-refractivity contribution is -0.146. The van der Waals surface area contributed by atoms with Gasteiger partial charge in [-0.3, -0.25) is 9.69 Å². The highest BCUT2D eigenvalue weighted by molar-refractivity contribution is 5.73. The smallest absolute Gasteiger partial charge is 0.321 e. The highest BCUT2D eigenvalue weighted by Gasteiger charge is 2.30. The van der Waals surface area contributed by atoms with Gasteiger partial charge in [-0.25, -0.2) is 0 Å². The Balaban J connectivity index is 4.60. The van der Waals surface area contributed by atoms with Crippen molar-refractivity contribution in [2.45, 2.75) is 45.8 Å². The van der Waals surface area contributed by atoms with Gasteiger partial charge < -0.3 is 9.84 Å². The van der Waals surface area contributed by atoms with Gasteiger partial charge in [-0.1, -0.05) is 13.8 Å². The summed E-state index contributed by atoms with van der Waals surface area (Å²) in [5.74, 6) is -0.774. The molecule has 0 aliphatic carbocycles. The van der Waals surface area contributed by atoms with E-state index in [1.807, 2.05) is 32.6 Å². The Bertz CT molecular complexity index is 200. The second-order valence-corrected chi connectivity index (χ2v) is 4.24. The molecule has 0 aromatic rings. The van der Waals surface area contributed by atoms with Gasteiger partial charge in [0, 0.05) is 13.5 Å². The predicted octanol–water partition coefficient (Wildman–Crippen LogP) is 1.60. The molecule has 0 saturated carbocycles. The van der Waals surface area contributed by atoms with Gasteiger partial charge in [-0.05, 0) is 26.9 Å². The summed E-state index contributed by atoms with van der Waals surface area (Å²) in [6.45, 7) is 9.25. The molecule has 0 bridgehead atoms. The molecule has 15 heavy (non-hydrogen) atoms. The van der Waals surface area contributed by atoms with Crippen molar-refractivity contribution >= 4 is 5.97 Å². The Morgan fingerprint density at radius 1 is 1.40 bits per heavy atom. The SMILES string of the molecule is CCN(CC)C(CC(C)(C)OC)C(=O)O. The molecule has 1 atom stereocenters. The summed E-state index contributed by atoms with van der Waals surface area (Å²) in [5, 5.41) is 9.17.